The van der Waals surface area contributed by atoms with Crippen LogP contribution < -0.4 is 81.8 Å². The molecule has 1 heterocycles. The van der Waals surface area contributed by atoms with E-state index in [9.17, 15) is 47.9 Å². The number of ketones is 1. The van der Waals surface area contributed by atoms with Crippen molar-refractivity contribution in [2.75, 3.05) is 26.2 Å². The first-order valence-corrected chi connectivity index (χ1v) is 35.0. The van der Waals surface area contributed by atoms with Gasteiger partial charge in [-0.3, -0.25) is 57.5 Å². The number of aromatic nitrogens is 1. The lowest BCUT2D eigenvalue weighted by Gasteiger charge is -2.26. The molecule has 1 aromatic heterocycles. The fourth-order valence-corrected chi connectivity index (χ4v) is 11.1. The van der Waals surface area contributed by atoms with Crippen molar-refractivity contribution in [3.05, 3.63) is 161 Å². The monoisotopic (exact) mass is 1420 g/mol. The summed E-state index contributed by atoms with van der Waals surface area (Å²) < 4.78 is 0. The van der Waals surface area contributed by atoms with Crippen molar-refractivity contribution in [2.45, 2.75) is 166 Å². The molecule has 11 amide bonds. The molecule has 554 valence electrons. The van der Waals surface area contributed by atoms with Gasteiger partial charge in [0.15, 0.2) is 5.78 Å². The van der Waals surface area contributed by atoms with E-state index in [1.807, 2.05) is 18.2 Å². The largest absolute Gasteiger partial charge is 0.369 e. The molecule has 0 fully saturated rings. The number of hydrogen-bond acceptors (Lipinski definition) is 16. The zero-order valence-electron chi connectivity index (χ0n) is 59.1. The Bertz CT molecular complexity index is 3750. The van der Waals surface area contributed by atoms with Crippen LogP contribution in [0, 0.1) is 5.92 Å². The van der Waals surface area contributed by atoms with Crippen molar-refractivity contribution < 1.29 is 57.5 Å². The zero-order chi connectivity index (χ0) is 75.2. The molecule has 5 rings (SSSR count). The van der Waals surface area contributed by atoms with E-state index in [0.29, 0.717) is 98.5 Å². The number of Topliss-reactive ketones (excluding diaryl/α,β-unsaturated/α-hetero) is 1. The molecule has 0 spiro atoms. The second-order valence-corrected chi connectivity index (χ2v) is 25.1. The maximum absolute atomic E-state index is 15.1. The number of carbonyl (C=O) groups excluding carboxylic acids is 12. The van der Waals surface area contributed by atoms with Gasteiger partial charge in [-0.25, -0.2) is 0 Å². The summed E-state index contributed by atoms with van der Waals surface area (Å²) in [6, 6.07) is 23.7. The second-order valence-electron chi connectivity index (χ2n) is 25.1. The molecule has 21 N–H and O–H groups in total. The van der Waals surface area contributed by atoms with Crippen LogP contribution >= 0.6 is 0 Å². The smallest absolute Gasteiger partial charge is 0.268 e. The van der Waals surface area contributed by atoms with Gasteiger partial charge in [-0.05, 0) is 164 Å². The number of benzene rings is 4. The van der Waals surface area contributed by atoms with Crippen LogP contribution in [0.3, 0.4) is 0 Å². The fourth-order valence-electron chi connectivity index (χ4n) is 11.1. The quantitative estimate of drug-likeness (QED) is 0.0151. The molecule has 0 saturated heterocycles. The second kappa shape index (κ2) is 44.5. The average molecular weight is 1420 g/mol. The first kappa shape index (κ1) is 83.0. The standard InChI is InChI=1S/C75H102N16O12/c1-5-25-57(69(97)86-59(36-19-23-40-78)70(98)89-61(42-50-26-9-6-10-27-50)72(100)82-47(2)65(93)55(66(80)94)33-17-21-38-76)85-73(101)63(44-52-30-13-8-14-31-52)90-71(99)60(37-20-24-41-79)87-75(103)64(45-53-46-81-56-34-16-15-32-54(53)56)91-74(102)62(43-51-28-11-7-12-29-51)88-67(95)48(3)83-68(96)58(84-49(4)92)35-18-22-39-77/h6-16,26-32,34,42-44,46-48,55,57-60,64,81H,5,17-25,33,35-41,45,76-79H2,1-4H3,(H2,80,94)(H,82,100)(H,83,96)(H,84,92)(H,85,101)(H,86,97)(H,87,103)(H,88,95)(H,89,98)(H,90,99)(H,91,102). The number of fused-ring (bicyclic) bond motifs is 1. The summed E-state index contributed by atoms with van der Waals surface area (Å²) in [5, 5.41) is 27.6. The van der Waals surface area contributed by atoms with E-state index in [1.165, 1.54) is 39.0 Å². The Morgan fingerprint density at radius 3 is 1.22 bits per heavy atom. The number of carbonyl (C=O) groups is 12. The summed E-state index contributed by atoms with van der Waals surface area (Å²) in [6.07, 6.45) is 9.87. The van der Waals surface area contributed by atoms with Gasteiger partial charge >= 0.3 is 0 Å². The normalized spacial score (nSPS) is 14.0. The van der Waals surface area contributed by atoms with Gasteiger partial charge in [0.25, 0.3) is 17.7 Å². The number of nitrogens with one attached hydrogen (secondary N) is 11. The number of aromatic amines is 1. The molecule has 0 radical (unpaired) electrons. The number of hydrogen-bond donors (Lipinski definition) is 16. The number of H-pyrrole nitrogens is 1. The lowest BCUT2D eigenvalue weighted by Crippen LogP contribution is -2.56. The third kappa shape index (κ3) is 28.3. The number of nitrogens with two attached hydrogens (primary N) is 5. The third-order valence-corrected chi connectivity index (χ3v) is 16.7. The molecular formula is C75H102N16O12. The zero-order valence-corrected chi connectivity index (χ0v) is 59.1. The van der Waals surface area contributed by atoms with Crippen LogP contribution in [0.15, 0.2) is 139 Å². The lowest BCUT2D eigenvalue weighted by molar-refractivity contribution is -0.135. The molecule has 0 saturated carbocycles. The van der Waals surface area contributed by atoms with Gasteiger partial charge in [-0.2, -0.15) is 0 Å². The van der Waals surface area contributed by atoms with E-state index >= 15 is 9.59 Å². The van der Waals surface area contributed by atoms with Crippen LogP contribution in [0.25, 0.3) is 29.1 Å². The van der Waals surface area contributed by atoms with E-state index in [2.05, 4.69) is 58.2 Å². The van der Waals surface area contributed by atoms with Crippen molar-refractivity contribution in [3.8, 4) is 0 Å². The summed E-state index contributed by atoms with van der Waals surface area (Å²) in [6.45, 7) is 6.97. The first-order valence-electron chi connectivity index (χ1n) is 35.0. The van der Waals surface area contributed by atoms with Crippen molar-refractivity contribution >= 4 is 99.9 Å². The van der Waals surface area contributed by atoms with Crippen LogP contribution in [0.2, 0.25) is 0 Å². The van der Waals surface area contributed by atoms with Crippen LogP contribution in [-0.2, 0) is 64.0 Å². The molecule has 0 bridgehead atoms. The molecular weight excluding hydrogens is 1320 g/mol. The predicted molar refractivity (Wildman–Crippen MR) is 394 cm³/mol. The van der Waals surface area contributed by atoms with E-state index < -0.39 is 119 Å². The number of amides is 11. The van der Waals surface area contributed by atoms with E-state index in [4.69, 9.17) is 28.7 Å². The maximum atomic E-state index is 15.1. The molecule has 5 aromatic rings. The summed E-state index contributed by atoms with van der Waals surface area (Å²) >= 11 is 0. The summed E-state index contributed by atoms with van der Waals surface area (Å²) in [4.78, 5) is 172. The first-order chi connectivity index (χ1) is 49.5. The van der Waals surface area contributed by atoms with Crippen molar-refractivity contribution in [2.24, 2.45) is 34.6 Å². The van der Waals surface area contributed by atoms with Crippen molar-refractivity contribution in [1.82, 2.24) is 58.2 Å². The van der Waals surface area contributed by atoms with E-state index in [1.54, 1.807) is 110 Å². The van der Waals surface area contributed by atoms with Gasteiger partial charge in [-0.1, -0.05) is 129 Å². The third-order valence-electron chi connectivity index (χ3n) is 16.7. The van der Waals surface area contributed by atoms with Gasteiger partial charge in [0.05, 0.1) is 12.0 Å². The summed E-state index contributed by atoms with van der Waals surface area (Å²) in [7, 11) is 0. The highest BCUT2D eigenvalue weighted by molar-refractivity contribution is 6.09. The fraction of sp³-hybridized carbons (Fsp3) is 0.413. The average Bonchev–Trinajstić information content (AvgIpc) is 1.73. The Morgan fingerprint density at radius 1 is 0.408 bits per heavy atom. The number of unbranched alkanes of at least 4 members (excludes halogenated alkanes) is 4. The van der Waals surface area contributed by atoms with Crippen LogP contribution in [0.4, 0.5) is 0 Å². The Kier molecular flexibility index (Phi) is 35.9. The van der Waals surface area contributed by atoms with Gasteiger partial charge < -0.3 is 86.8 Å². The predicted octanol–water partition coefficient (Wildman–Crippen LogP) is 2.62. The van der Waals surface area contributed by atoms with Gasteiger partial charge in [0, 0.05) is 30.4 Å². The molecule has 8 unspecified atom stereocenters. The van der Waals surface area contributed by atoms with E-state index in [-0.39, 0.29) is 68.7 Å². The molecule has 4 aromatic carbocycles. The Labute approximate surface area is 600 Å². The highest BCUT2D eigenvalue weighted by Crippen LogP contribution is 2.21. The SMILES string of the molecule is CCCC(NC(=O)C(=Cc1ccccc1)NC(=O)C(CCCCN)NC(=O)C(Cc1c[nH]c2ccccc12)NC(=O)C(=Cc1ccccc1)NC(=O)C(C)NC(=O)C(CCCCN)NC(C)=O)C(=O)NC(CCCCN)C(=O)NC(=Cc1ccccc1)C(=O)NC(C)C(=O)C(CCCCN)C(N)=O. The lowest BCUT2D eigenvalue weighted by atomic mass is 9.92. The van der Waals surface area contributed by atoms with Gasteiger partial charge in [0.1, 0.15) is 53.3 Å². The molecule has 28 nitrogen and oxygen atoms in total. The molecule has 0 aliphatic carbocycles. The Hall–Kier alpha value is -10.7. The minimum atomic E-state index is -1.48. The topological polar surface area (TPSA) is 471 Å². The maximum Gasteiger partial charge on any atom is 0.268 e. The summed E-state index contributed by atoms with van der Waals surface area (Å²) in [5.74, 6) is -10.8. The number of primary amides is 1. The minimum absolute atomic E-state index is 0.0149. The van der Waals surface area contributed by atoms with Crippen molar-refractivity contribution in [1.29, 1.82) is 0 Å². The Morgan fingerprint density at radius 2 is 0.786 bits per heavy atom. The summed E-state index contributed by atoms with van der Waals surface area (Å²) in [5.41, 5.74) is 30.4. The van der Waals surface area contributed by atoms with Crippen LogP contribution in [-0.4, -0.2) is 144 Å². The Balaban J connectivity index is 1.45. The minimum Gasteiger partial charge on any atom is -0.369 e. The highest BCUT2D eigenvalue weighted by atomic mass is 16.2. The number of rotatable bonds is 45. The molecule has 28 heteroatoms. The molecule has 103 heavy (non-hydrogen) atoms. The van der Waals surface area contributed by atoms with Crippen molar-refractivity contribution in [3.63, 3.8) is 0 Å². The van der Waals surface area contributed by atoms with E-state index in [0.717, 1.165) is 5.52 Å². The molecule has 0 aliphatic rings. The molecule has 0 aliphatic heterocycles. The van der Waals surface area contributed by atoms with Gasteiger partial charge in [-0.15, -0.1) is 0 Å². The number of para-hydroxylation sites is 1. The van der Waals surface area contributed by atoms with Crippen LogP contribution in [0.5, 0.6) is 0 Å². The highest BCUT2D eigenvalue weighted by Gasteiger charge is 2.35. The van der Waals surface area contributed by atoms with Gasteiger partial charge in [0.2, 0.25) is 47.3 Å². The van der Waals surface area contributed by atoms with Crippen LogP contribution in [0.1, 0.15) is 140 Å². The molecule has 8 atom stereocenters.